The van der Waals surface area contributed by atoms with E-state index in [-0.39, 0.29) is 12.2 Å². The lowest BCUT2D eigenvalue weighted by Crippen LogP contribution is -2.16. The molecule has 4 nitrogen and oxygen atoms in total. The second-order valence-corrected chi connectivity index (χ2v) is 6.97. The van der Waals surface area contributed by atoms with Crippen LogP contribution in [0.25, 0.3) is 11.4 Å². The molecule has 6 heteroatoms. The molecule has 0 bridgehead atoms. The zero-order chi connectivity index (χ0) is 15.2. The molecule has 1 aromatic carbocycles. The van der Waals surface area contributed by atoms with E-state index in [9.17, 15) is 0 Å². The Balaban J connectivity index is 2.13. The molecule has 110 valence electrons. The van der Waals surface area contributed by atoms with Gasteiger partial charge >= 0.3 is 0 Å². The first-order valence-corrected chi connectivity index (χ1v) is 7.67. The number of nitrogens with zero attached hydrogens (tertiary/aromatic N) is 2. The number of fused-ring (bicyclic) bond motifs is 1. The molecule has 2 aromatic rings. The highest BCUT2D eigenvalue weighted by Crippen LogP contribution is 2.37. The minimum Gasteiger partial charge on any atom is -0.454 e. The van der Waals surface area contributed by atoms with Crippen molar-refractivity contribution in [2.75, 3.05) is 6.79 Å². The van der Waals surface area contributed by atoms with E-state index in [0.717, 1.165) is 21.5 Å². The molecule has 21 heavy (non-hydrogen) atoms. The number of hydrogen-bond acceptors (Lipinski definition) is 4. The smallest absolute Gasteiger partial charge is 0.231 e. The van der Waals surface area contributed by atoms with E-state index in [0.29, 0.717) is 16.7 Å². The van der Waals surface area contributed by atoms with Crippen molar-refractivity contribution < 1.29 is 9.47 Å². The molecule has 1 aliphatic rings. The van der Waals surface area contributed by atoms with Crippen LogP contribution in [0.15, 0.2) is 22.7 Å². The molecule has 0 fully saturated rings. The minimum absolute atomic E-state index is 0.142. The Morgan fingerprint density at radius 1 is 1.14 bits per heavy atom. The van der Waals surface area contributed by atoms with Crippen LogP contribution in [0.1, 0.15) is 26.5 Å². The molecular formula is C15H14BrClN2O2. The van der Waals surface area contributed by atoms with Crippen LogP contribution in [0.4, 0.5) is 0 Å². The summed E-state index contributed by atoms with van der Waals surface area (Å²) in [4.78, 5) is 9.01. The van der Waals surface area contributed by atoms with Crippen molar-refractivity contribution in [3.05, 3.63) is 33.5 Å². The van der Waals surface area contributed by atoms with Gasteiger partial charge < -0.3 is 9.47 Å². The molecule has 3 rings (SSSR count). The van der Waals surface area contributed by atoms with Gasteiger partial charge in [-0.1, -0.05) is 32.4 Å². The molecule has 1 aromatic heterocycles. The highest BCUT2D eigenvalue weighted by Gasteiger charge is 2.23. The third kappa shape index (κ3) is 2.72. The number of halogens is 2. The Hall–Kier alpha value is -1.33. The molecule has 2 heterocycles. The molecule has 0 amide bonds. The SMILES string of the molecule is CC(C)(C)c1nc(-c2ccc3c(c2)OCO3)nc(Cl)c1Br. The largest absolute Gasteiger partial charge is 0.454 e. The fourth-order valence-corrected chi connectivity index (χ4v) is 3.02. The van der Waals surface area contributed by atoms with Crippen molar-refractivity contribution in [1.82, 2.24) is 9.97 Å². The molecule has 0 atom stereocenters. The van der Waals surface area contributed by atoms with Gasteiger partial charge in [0.25, 0.3) is 0 Å². The summed E-state index contributed by atoms with van der Waals surface area (Å²) < 4.78 is 11.4. The monoisotopic (exact) mass is 368 g/mol. The van der Waals surface area contributed by atoms with Gasteiger partial charge in [0.2, 0.25) is 6.79 Å². The van der Waals surface area contributed by atoms with Crippen LogP contribution < -0.4 is 9.47 Å². The lowest BCUT2D eigenvalue weighted by Gasteiger charge is -2.20. The van der Waals surface area contributed by atoms with Crippen LogP contribution in [0.5, 0.6) is 11.5 Å². The molecular weight excluding hydrogens is 356 g/mol. The molecule has 0 saturated carbocycles. The topological polar surface area (TPSA) is 44.2 Å². The number of benzene rings is 1. The lowest BCUT2D eigenvalue weighted by atomic mass is 9.92. The Bertz CT molecular complexity index is 714. The maximum atomic E-state index is 6.24. The van der Waals surface area contributed by atoms with E-state index in [2.05, 4.69) is 46.7 Å². The number of hydrogen-bond donors (Lipinski definition) is 0. The van der Waals surface area contributed by atoms with E-state index < -0.39 is 0 Å². The van der Waals surface area contributed by atoms with Gasteiger partial charge in [-0.3, -0.25) is 0 Å². The third-order valence-electron chi connectivity index (χ3n) is 3.15. The van der Waals surface area contributed by atoms with Gasteiger partial charge in [-0.15, -0.1) is 0 Å². The van der Waals surface area contributed by atoms with E-state index in [1.807, 2.05) is 18.2 Å². The van der Waals surface area contributed by atoms with Crippen molar-refractivity contribution in [2.45, 2.75) is 26.2 Å². The van der Waals surface area contributed by atoms with Gasteiger partial charge in [-0.2, -0.15) is 0 Å². The average molecular weight is 370 g/mol. The first kappa shape index (κ1) is 14.6. The van der Waals surface area contributed by atoms with Gasteiger partial charge in [-0.25, -0.2) is 9.97 Å². The second-order valence-electron chi connectivity index (χ2n) is 5.82. The van der Waals surface area contributed by atoms with E-state index in [1.165, 1.54) is 0 Å². The summed E-state index contributed by atoms with van der Waals surface area (Å²) in [6, 6.07) is 5.63. The van der Waals surface area contributed by atoms with Gasteiger partial charge in [0, 0.05) is 11.0 Å². The van der Waals surface area contributed by atoms with Crippen LogP contribution in [-0.4, -0.2) is 16.8 Å². The highest BCUT2D eigenvalue weighted by atomic mass is 79.9. The zero-order valence-electron chi connectivity index (χ0n) is 11.9. The maximum Gasteiger partial charge on any atom is 0.231 e. The normalized spacial score (nSPS) is 13.6. The van der Waals surface area contributed by atoms with Gasteiger partial charge in [0.1, 0.15) is 5.15 Å². The van der Waals surface area contributed by atoms with Crippen LogP contribution >= 0.6 is 27.5 Å². The summed E-state index contributed by atoms with van der Waals surface area (Å²) in [5, 5.41) is 0.405. The fraction of sp³-hybridized carbons (Fsp3) is 0.333. The van der Waals surface area contributed by atoms with Crippen molar-refractivity contribution in [3.8, 4) is 22.9 Å². The molecule has 0 aliphatic carbocycles. The average Bonchev–Trinajstić information content (AvgIpc) is 2.87. The molecule has 0 N–H and O–H groups in total. The molecule has 1 aliphatic heterocycles. The summed E-state index contributed by atoms with van der Waals surface area (Å²) in [6.07, 6.45) is 0. The summed E-state index contributed by atoms with van der Waals surface area (Å²) in [6.45, 7) is 6.49. The van der Waals surface area contributed by atoms with E-state index in [1.54, 1.807) is 0 Å². The number of aromatic nitrogens is 2. The Morgan fingerprint density at radius 3 is 2.57 bits per heavy atom. The van der Waals surface area contributed by atoms with Gasteiger partial charge in [-0.05, 0) is 34.1 Å². The maximum absolute atomic E-state index is 6.24. The summed E-state index contributed by atoms with van der Waals surface area (Å²) in [5.74, 6) is 2.01. The van der Waals surface area contributed by atoms with Crippen molar-refractivity contribution >= 4 is 27.5 Å². The third-order valence-corrected chi connectivity index (χ3v) is 4.40. The summed E-state index contributed by atoms with van der Waals surface area (Å²) in [7, 11) is 0. The first-order valence-electron chi connectivity index (χ1n) is 6.50. The Morgan fingerprint density at radius 2 is 1.86 bits per heavy atom. The standard InChI is InChI=1S/C15H14BrClN2O2/c1-15(2,3)12-11(16)13(17)19-14(18-12)8-4-5-9-10(6-8)21-7-20-9/h4-6H,7H2,1-3H3. The van der Waals surface area contributed by atoms with Crippen LogP contribution in [-0.2, 0) is 5.41 Å². The highest BCUT2D eigenvalue weighted by molar-refractivity contribution is 9.10. The predicted octanol–water partition coefficient (Wildman–Crippen LogP) is 4.59. The molecule has 0 saturated heterocycles. The van der Waals surface area contributed by atoms with Crippen LogP contribution in [0.2, 0.25) is 5.15 Å². The van der Waals surface area contributed by atoms with Crippen molar-refractivity contribution in [3.63, 3.8) is 0 Å². The Kier molecular flexibility index (Phi) is 3.58. The Labute approximate surface area is 136 Å². The van der Waals surface area contributed by atoms with E-state index >= 15 is 0 Å². The molecule has 0 unspecified atom stereocenters. The summed E-state index contributed by atoms with van der Waals surface area (Å²) in [5.41, 5.74) is 1.57. The second kappa shape index (κ2) is 5.14. The number of rotatable bonds is 1. The number of ether oxygens (including phenoxy) is 2. The van der Waals surface area contributed by atoms with Crippen molar-refractivity contribution in [1.29, 1.82) is 0 Å². The minimum atomic E-state index is -0.142. The quantitative estimate of drug-likeness (QED) is 0.690. The van der Waals surface area contributed by atoms with Gasteiger partial charge in [0.15, 0.2) is 17.3 Å². The zero-order valence-corrected chi connectivity index (χ0v) is 14.2. The van der Waals surface area contributed by atoms with Crippen LogP contribution in [0, 0.1) is 0 Å². The van der Waals surface area contributed by atoms with Crippen LogP contribution in [0.3, 0.4) is 0 Å². The predicted molar refractivity (Wildman–Crippen MR) is 85.0 cm³/mol. The molecule has 0 radical (unpaired) electrons. The van der Waals surface area contributed by atoms with Crippen molar-refractivity contribution in [2.24, 2.45) is 0 Å². The summed E-state index contributed by atoms with van der Waals surface area (Å²) >= 11 is 9.71. The van der Waals surface area contributed by atoms with E-state index in [4.69, 9.17) is 21.1 Å². The first-order chi connectivity index (χ1) is 9.86. The lowest BCUT2D eigenvalue weighted by molar-refractivity contribution is 0.174. The fourth-order valence-electron chi connectivity index (χ4n) is 2.08. The van der Waals surface area contributed by atoms with Gasteiger partial charge in [0.05, 0.1) is 10.2 Å². The molecule has 0 spiro atoms.